The molecule has 35 heavy (non-hydrogen) atoms. The van der Waals surface area contributed by atoms with Crippen LogP contribution in [0.4, 0.5) is 13.9 Å². The van der Waals surface area contributed by atoms with Crippen molar-refractivity contribution in [3.63, 3.8) is 0 Å². The molecule has 0 aliphatic heterocycles. The van der Waals surface area contributed by atoms with Crippen LogP contribution < -0.4 is 9.46 Å². The first-order valence-electron chi connectivity index (χ1n) is 9.93. The third-order valence-electron chi connectivity index (χ3n) is 4.89. The number of aryl methyl sites for hydroxylation is 1. The molecule has 0 bridgehead atoms. The van der Waals surface area contributed by atoms with E-state index in [2.05, 4.69) is 19.1 Å². The number of anilines is 1. The van der Waals surface area contributed by atoms with Crippen LogP contribution in [0.5, 0.6) is 11.5 Å². The number of imidazole rings is 1. The Morgan fingerprint density at radius 3 is 2.69 bits per heavy atom. The van der Waals surface area contributed by atoms with Crippen LogP contribution >= 0.6 is 23.1 Å². The van der Waals surface area contributed by atoms with Crippen molar-refractivity contribution in [3.8, 4) is 22.8 Å². The Kier molecular flexibility index (Phi) is 5.87. The molecule has 2 aromatic carbocycles. The van der Waals surface area contributed by atoms with Crippen LogP contribution in [0.2, 0.25) is 5.02 Å². The standard InChI is InChI=1S/C22H14ClF2N5O3S2/c1-12-27-22(34-28-12)29-35(31,32)20-11-15(24)19(10-16(20)25)33-18-6-5-13(23)9-14(18)17-3-2-4-21-26-7-8-30(17)21/h2-11H,1H3,(H,27,28,29). The summed E-state index contributed by atoms with van der Waals surface area (Å²) in [4.78, 5) is 7.22. The highest BCUT2D eigenvalue weighted by Crippen LogP contribution is 2.37. The lowest BCUT2D eigenvalue weighted by atomic mass is 10.1. The highest BCUT2D eigenvalue weighted by atomic mass is 35.5. The largest absolute Gasteiger partial charge is 0.453 e. The van der Waals surface area contributed by atoms with Gasteiger partial charge in [-0.2, -0.15) is 4.37 Å². The second-order valence-corrected chi connectivity index (χ2v) is 10.1. The van der Waals surface area contributed by atoms with Crippen molar-refractivity contribution < 1.29 is 21.9 Å². The molecule has 8 nitrogen and oxygen atoms in total. The monoisotopic (exact) mass is 533 g/mol. The van der Waals surface area contributed by atoms with Crippen molar-refractivity contribution in [1.29, 1.82) is 0 Å². The summed E-state index contributed by atoms with van der Waals surface area (Å²) in [6.45, 7) is 1.57. The van der Waals surface area contributed by atoms with Crippen LogP contribution in [-0.4, -0.2) is 27.2 Å². The van der Waals surface area contributed by atoms with E-state index in [1.165, 1.54) is 12.1 Å². The van der Waals surface area contributed by atoms with E-state index >= 15 is 0 Å². The van der Waals surface area contributed by atoms with E-state index in [-0.39, 0.29) is 10.9 Å². The predicted molar refractivity (Wildman–Crippen MR) is 128 cm³/mol. The van der Waals surface area contributed by atoms with Gasteiger partial charge in [0.1, 0.15) is 27.9 Å². The number of nitrogens with one attached hydrogen (secondary N) is 1. The lowest BCUT2D eigenvalue weighted by molar-refractivity contribution is 0.433. The van der Waals surface area contributed by atoms with E-state index in [1.807, 2.05) is 0 Å². The number of rotatable bonds is 6. The summed E-state index contributed by atoms with van der Waals surface area (Å²) in [6.07, 6.45) is 3.36. The molecule has 1 N–H and O–H groups in total. The fraction of sp³-hybridized carbons (Fsp3) is 0.0455. The van der Waals surface area contributed by atoms with Gasteiger partial charge in [-0.1, -0.05) is 17.7 Å². The summed E-state index contributed by atoms with van der Waals surface area (Å²) in [5, 5.41) is 0.331. The molecule has 3 heterocycles. The normalized spacial score (nSPS) is 11.7. The van der Waals surface area contributed by atoms with Crippen LogP contribution in [0.1, 0.15) is 5.82 Å². The first kappa shape index (κ1) is 23.1. The number of hydrogen-bond acceptors (Lipinski definition) is 7. The Bertz CT molecular complexity index is 1690. The molecule has 5 aromatic rings. The van der Waals surface area contributed by atoms with Crippen molar-refractivity contribution in [3.05, 3.63) is 83.4 Å². The minimum absolute atomic E-state index is 0.0675. The summed E-state index contributed by atoms with van der Waals surface area (Å²) in [5.74, 6) is -2.28. The van der Waals surface area contributed by atoms with Crippen LogP contribution in [0.3, 0.4) is 0 Å². The Labute approximate surface area is 207 Å². The molecule has 13 heteroatoms. The SMILES string of the molecule is Cc1nsc(NS(=O)(=O)c2cc(F)c(Oc3ccc(Cl)cc3-c3cccc4nccn34)cc2F)n1. The van der Waals surface area contributed by atoms with E-state index in [0.29, 0.717) is 39.9 Å². The summed E-state index contributed by atoms with van der Waals surface area (Å²) in [5.41, 5.74) is 1.80. The zero-order valence-electron chi connectivity index (χ0n) is 17.7. The molecule has 0 saturated carbocycles. The minimum atomic E-state index is -4.46. The van der Waals surface area contributed by atoms with Crippen molar-refractivity contribution in [2.45, 2.75) is 11.8 Å². The first-order valence-corrected chi connectivity index (χ1v) is 12.6. The molecule has 0 unspecified atom stereocenters. The smallest absolute Gasteiger partial charge is 0.266 e. The summed E-state index contributed by atoms with van der Waals surface area (Å²) in [7, 11) is -4.46. The maximum absolute atomic E-state index is 15.0. The topological polar surface area (TPSA) is 98.5 Å². The number of hydrogen-bond donors (Lipinski definition) is 1. The third kappa shape index (κ3) is 4.55. The van der Waals surface area contributed by atoms with Gasteiger partial charge in [-0.3, -0.25) is 9.12 Å². The molecule has 0 radical (unpaired) electrons. The van der Waals surface area contributed by atoms with Gasteiger partial charge >= 0.3 is 0 Å². The van der Waals surface area contributed by atoms with Gasteiger partial charge in [-0.25, -0.2) is 27.2 Å². The van der Waals surface area contributed by atoms with Gasteiger partial charge in [0.25, 0.3) is 10.0 Å². The molecule has 0 aliphatic carbocycles. The molecular formula is C22H14ClF2N5O3S2. The average Bonchev–Trinajstić information content (AvgIpc) is 3.45. The number of sulfonamides is 1. The number of pyridine rings is 1. The zero-order valence-corrected chi connectivity index (χ0v) is 20.1. The van der Waals surface area contributed by atoms with E-state index in [4.69, 9.17) is 16.3 Å². The summed E-state index contributed by atoms with van der Waals surface area (Å²) >= 11 is 6.97. The van der Waals surface area contributed by atoms with Crippen LogP contribution in [-0.2, 0) is 10.0 Å². The molecule has 0 amide bonds. The van der Waals surface area contributed by atoms with Crippen molar-refractivity contribution in [1.82, 2.24) is 18.7 Å². The first-order chi connectivity index (χ1) is 16.7. The fourth-order valence-corrected chi connectivity index (χ4v) is 5.42. The van der Waals surface area contributed by atoms with Gasteiger partial charge in [-0.15, -0.1) is 0 Å². The van der Waals surface area contributed by atoms with Crippen molar-refractivity contribution >= 4 is 43.9 Å². The van der Waals surface area contributed by atoms with Crippen LogP contribution in [0.25, 0.3) is 16.9 Å². The molecule has 0 aliphatic rings. The molecule has 0 fully saturated rings. The fourth-order valence-electron chi connectivity index (χ4n) is 3.38. The lowest BCUT2D eigenvalue weighted by Gasteiger charge is -2.15. The molecule has 0 atom stereocenters. The quantitative estimate of drug-likeness (QED) is 0.301. The van der Waals surface area contributed by atoms with Crippen molar-refractivity contribution in [2.75, 3.05) is 4.72 Å². The maximum atomic E-state index is 15.0. The zero-order chi connectivity index (χ0) is 24.7. The molecular weight excluding hydrogens is 520 g/mol. The lowest BCUT2D eigenvalue weighted by Crippen LogP contribution is -2.15. The molecule has 3 aromatic heterocycles. The van der Waals surface area contributed by atoms with Gasteiger partial charge in [0.2, 0.25) is 5.13 Å². The minimum Gasteiger partial charge on any atom is -0.453 e. The third-order valence-corrected chi connectivity index (χ3v) is 7.33. The Morgan fingerprint density at radius 1 is 1.09 bits per heavy atom. The molecule has 0 spiro atoms. The summed E-state index contributed by atoms with van der Waals surface area (Å²) < 4.78 is 68.4. The van der Waals surface area contributed by atoms with Crippen molar-refractivity contribution in [2.24, 2.45) is 0 Å². The highest BCUT2D eigenvalue weighted by molar-refractivity contribution is 7.93. The van der Waals surface area contributed by atoms with E-state index in [9.17, 15) is 17.2 Å². The van der Waals surface area contributed by atoms with Gasteiger partial charge in [0.05, 0.1) is 5.69 Å². The molecule has 5 rings (SSSR count). The van der Waals surface area contributed by atoms with E-state index < -0.39 is 32.3 Å². The van der Waals surface area contributed by atoms with E-state index in [0.717, 1.165) is 11.5 Å². The van der Waals surface area contributed by atoms with E-state index in [1.54, 1.807) is 48.0 Å². The Hall–Kier alpha value is -3.61. The second-order valence-electron chi connectivity index (χ2n) is 7.27. The van der Waals surface area contributed by atoms with Gasteiger partial charge in [-0.05, 0) is 37.3 Å². The Morgan fingerprint density at radius 2 is 1.91 bits per heavy atom. The van der Waals surface area contributed by atoms with Crippen LogP contribution in [0, 0.1) is 18.6 Å². The number of aromatic nitrogens is 4. The number of benzene rings is 2. The number of fused-ring (bicyclic) bond motifs is 1. The highest BCUT2D eigenvalue weighted by Gasteiger charge is 2.25. The number of halogens is 3. The number of ether oxygens (including phenoxy) is 1. The van der Waals surface area contributed by atoms with Crippen LogP contribution in [0.15, 0.2) is 65.8 Å². The van der Waals surface area contributed by atoms with Gasteiger partial charge < -0.3 is 4.74 Å². The molecule has 178 valence electrons. The number of nitrogens with zero attached hydrogens (tertiary/aromatic N) is 4. The second kappa shape index (κ2) is 8.87. The van der Waals surface area contributed by atoms with Gasteiger partial charge in [0, 0.05) is 46.6 Å². The van der Waals surface area contributed by atoms with Gasteiger partial charge in [0.15, 0.2) is 11.6 Å². The average molecular weight is 534 g/mol. The Balaban J connectivity index is 1.52. The maximum Gasteiger partial charge on any atom is 0.266 e. The molecule has 0 saturated heterocycles. The predicted octanol–water partition coefficient (Wildman–Crippen LogP) is 5.69. The summed E-state index contributed by atoms with van der Waals surface area (Å²) in [6, 6.07) is 11.3.